The summed E-state index contributed by atoms with van der Waals surface area (Å²) >= 11 is 0. The predicted molar refractivity (Wildman–Crippen MR) is 77.1 cm³/mol. The van der Waals surface area contributed by atoms with Gasteiger partial charge in [0.15, 0.2) is 0 Å². The van der Waals surface area contributed by atoms with Crippen molar-refractivity contribution in [3.63, 3.8) is 0 Å². The minimum atomic E-state index is 0.532. The number of ether oxygens (including phenoxy) is 1. The summed E-state index contributed by atoms with van der Waals surface area (Å²) in [6, 6.07) is 1.29. The van der Waals surface area contributed by atoms with Crippen LogP contribution in [0.4, 0.5) is 0 Å². The van der Waals surface area contributed by atoms with Gasteiger partial charge in [-0.25, -0.2) is 0 Å². The van der Waals surface area contributed by atoms with Crippen LogP contribution in [0.1, 0.15) is 26.2 Å². The Morgan fingerprint density at radius 2 is 2.00 bits per heavy atom. The third-order valence-electron chi connectivity index (χ3n) is 3.91. The molecule has 1 N–H and O–H groups in total. The molecular formula is C14H31N3O. The van der Waals surface area contributed by atoms with Gasteiger partial charge >= 0.3 is 0 Å². The molecule has 1 heterocycles. The summed E-state index contributed by atoms with van der Waals surface area (Å²) in [5.41, 5.74) is 0. The first-order chi connectivity index (χ1) is 8.69. The second-order valence-electron chi connectivity index (χ2n) is 5.54. The number of hydrogen-bond donors (Lipinski definition) is 1. The van der Waals surface area contributed by atoms with Crippen LogP contribution in [0, 0.1) is 0 Å². The SMILES string of the molecule is CCCNCC(COC)N1CCC(N(C)C)CC1. The Kier molecular flexibility index (Phi) is 7.82. The molecule has 0 spiro atoms. The summed E-state index contributed by atoms with van der Waals surface area (Å²) < 4.78 is 5.37. The van der Waals surface area contributed by atoms with Crippen LogP contribution in [0.15, 0.2) is 0 Å². The Balaban J connectivity index is 2.34. The number of piperidine rings is 1. The smallest absolute Gasteiger partial charge is 0.0630 e. The van der Waals surface area contributed by atoms with Gasteiger partial charge in [0.25, 0.3) is 0 Å². The molecule has 1 atom stereocenters. The summed E-state index contributed by atoms with van der Waals surface area (Å²) in [6.07, 6.45) is 3.75. The summed E-state index contributed by atoms with van der Waals surface area (Å²) in [5, 5.41) is 3.52. The third kappa shape index (κ3) is 5.22. The van der Waals surface area contributed by atoms with Gasteiger partial charge in [0.2, 0.25) is 0 Å². The van der Waals surface area contributed by atoms with Crippen LogP contribution < -0.4 is 5.32 Å². The van der Waals surface area contributed by atoms with E-state index in [1.165, 1.54) is 32.4 Å². The molecular weight excluding hydrogens is 226 g/mol. The molecule has 1 rings (SSSR count). The van der Waals surface area contributed by atoms with Gasteiger partial charge in [0.05, 0.1) is 6.61 Å². The summed E-state index contributed by atoms with van der Waals surface area (Å²) in [4.78, 5) is 4.95. The van der Waals surface area contributed by atoms with Gasteiger partial charge < -0.3 is 15.0 Å². The van der Waals surface area contributed by atoms with Crippen LogP contribution in [-0.4, -0.2) is 75.9 Å². The van der Waals surface area contributed by atoms with E-state index in [1.807, 2.05) is 0 Å². The van der Waals surface area contributed by atoms with Gasteiger partial charge in [-0.2, -0.15) is 0 Å². The third-order valence-corrected chi connectivity index (χ3v) is 3.91. The molecule has 0 saturated carbocycles. The largest absolute Gasteiger partial charge is 0.383 e. The molecule has 0 radical (unpaired) electrons. The van der Waals surface area contributed by atoms with E-state index in [0.29, 0.717) is 6.04 Å². The molecule has 1 saturated heterocycles. The van der Waals surface area contributed by atoms with Crippen LogP contribution in [0.2, 0.25) is 0 Å². The van der Waals surface area contributed by atoms with Crippen molar-refractivity contribution in [2.45, 2.75) is 38.3 Å². The van der Waals surface area contributed by atoms with E-state index in [9.17, 15) is 0 Å². The summed E-state index contributed by atoms with van der Waals surface area (Å²) in [5.74, 6) is 0. The van der Waals surface area contributed by atoms with E-state index in [2.05, 4.69) is 36.1 Å². The van der Waals surface area contributed by atoms with Crippen molar-refractivity contribution in [1.82, 2.24) is 15.1 Å². The summed E-state index contributed by atoms with van der Waals surface area (Å²) in [7, 11) is 6.19. The lowest BCUT2D eigenvalue weighted by Gasteiger charge is -2.39. The Morgan fingerprint density at radius 1 is 1.33 bits per heavy atom. The van der Waals surface area contributed by atoms with Gasteiger partial charge in [-0.05, 0) is 39.9 Å². The maximum atomic E-state index is 5.37. The molecule has 0 aromatic carbocycles. The molecule has 4 heteroatoms. The molecule has 0 aromatic heterocycles. The van der Waals surface area contributed by atoms with Crippen molar-refractivity contribution in [3.8, 4) is 0 Å². The highest BCUT2D eigenvalue weighted by molar-refractivity contribution is 4.82. The number of nitrogens with zero attached hydrogens (tertiary/aromatic N) is 2. The van der Waals surface area contributed by atoms with E-state index in [4.69, 9.17) is 4.74 Å². The first-order valence-corrected chi connectivity index (χ1v) is 7.29. The summed E-state index contributed by atoms with van der Waals surface area (Å²) in [6.45, 7) is 7.60. The number of hydrogen-bond acceptors (Lipinski definition) is 4. The Hall–Kier alpha value is -0.160. The first kappa shape index (κ1) is 15.9. The van der Waals surface area contributed by atoms with Gasteiger partial charge in [-0.3, -0.25) is 4.90 Å². The molecule has 0 bridgehead atoms. The highest BCUT2D eigenvalue weighted by Gasteiger charge is 2.25. The van der Waals surface area contributed by atoms with Crippen LogP contribution in [0.5, 0.6) is 0 Å². The highest BCUT2D eigenvalue weighted by atomic mass is 16.5. The quantitative estimate of drug-likeness (QED) is 0.657. The lowest BCUT2D eigenvalue weighted by Crippen LogP contribution is -2.51. The fourth-order valence-corrected chi connectivity index (χ4v) is 2.70. The zero-order valence-electron chi connectivity index (χ0n) is 12.6. The highest BCUT2D eigenvalue weighted by Crippen LogP contribution is 2.16. The van der Waals surface area contributed by atoms with Crippen LogP contribution in [0.3, 0.4) is 0 Å². The van der Waals surface area contributed by atoms with Crippen molar-refractivity contribution >= 4 is 0 Å². The van der Waals surface area contributed by atoms with E-state index in [1.54, 1.807) is 7.11 Å². The van der Waals surface area contributed by atoms with Crippen molar-refractivity contribution in [1.29, 1.82) is 0 Å². The zero-order chi connectivity index (χ0) is 13.4. The predicted octanol–water partition coefficient (Wildman–Crippen LogP) is 1.03. The first-order valence-electron chi connectivity index (χ1n) is 7.29. The molecule has 1 aliphatic rings. The molecule has 0 amide bonds. The van der Waals surface area contributed by atoms with Crippen molar-refractivity contribution in [3.05, 3.63) is 0 Å². The average molecular weight is 257 g/mol. The van der Waals surface area contributed by atoms with Crippen molar-refractivity contribution in [2.24, 2.45) is 0 Å². The molecule has 18 heavy (non-hydrogen) atoms. The minimum absolute atomic E-state index is 0.532. The molecule has 4 nitrogen and oxygen atoms in total. The second-order valence-corrected chi connectivity index (χ2v) is 5.54. The average Bonchev–Trinajstić information content (AvgIpc) is 2.38. The van der Waals surface area contributed by atoms with Crippen LogP contribution in [-0.2, 0) is 4.74 Å². The standard InChI is InChI=1S/C14H31N3O/c1-5-8-15-11-14(12-18-4)17-9-6-13(7-10-17)16(2)3/h13-15H,5-12H2,1-4H3. The van der Waals surface area contributed by atoms with Crippen molar-refractivity contribution < 1.29 is 4.74 Å². The minimum Gasteiger partial charge on any atom is -0.383 e. The maximum absolute atomic E-state index is 5.37. The zero-order valence-corrected chi connectivity index (χ0v) is 12.6. The van der Waals surface area contributed by atoms with Crippen LogP contribution in [0.25, 0.3) is 0 Å². The maximum Gasteiger partial charge on any atom is 0.0630 e. The lowest BCUT2D eigenvalue weighted by molar-refractivity contribution is 0.0566. The Bertz CT molecular complexity index is 203. The number of likely N-dealkylation sites (tertiary alicyclic amines) is 1. The molecule has 0 aliphatic carbocycles. The fourth-order valence-electron chi connectivity index (χ4n) is 2.70. The van der Waals surface area contributed by atoms with Gasteiger partial charge in [0.1, 0.15) is 0 Å². The number of methoxy groups -OCH3 is 1. The van der Waals surface area contributed by atoms with Crippen LogP contribution >= 0.6 is 0 Å². The van der Waals surface area contributed by atoms with Gasteiger partial charge in [-0.15, -0.1) is 0 Å². The fraction of sp³-hybridized carbons (Fsp3) is 1.00. The Labute approximate surface area is 113 Å². The molecule has 108 valence electrons. The van der Waals surface area contributed by atoms with E-state index in [-0.39, 0.29) is 0 Å². The molecule has 1 aliphatic heterocycles. The normalized spacial score (nSPS) is 20.5. The number of nitrogens with one attached hydrogen (secondary N) is 1. The van der Waals surface area contributed by atoms with E-state index >= 15 is 0 Å². The molecule has 0 aromatic rings. The lowest BCUT2D eigenvalue weighted by atomic mass is 10.0. The monoisotopic (exact) mass is 257 g/mol. The number of rotatable bonds is 8. The van der Waals surface area contributed by atoms with E-state index in [0.717, 1.165) is 25.7 Å². The molecule has 1 unspecified atom stereocenters. The molecule has 1 fully saturated rings. The van der Waals surface area contributed by atoms with Gasteiger partial charge in [0, 0.05) is 38.8 Å². The van der Waals surface area contributed by atoms with E-state index < -0.39 is 0 Å². The van der Waals surface area contributed by atoms with Crippen molar-refractivity contribution in [2.75, 3.05) is 54.0 Å². The Morgan fingerprint density at radius 3 is 2.50 bits per heavy atom. The van der Waals surface area contributed by atoms with Gasteiger partial charge in [-0.1, -0.05) is 6.92 Å². The topological polar surface area (TPSA) is 27.7 Å². The second kappa shape index (κ2) is 8.86.